The second-order valence-corrected chi connectivity index (χ2v) is 6.08. The molecule has 0 aromatic heterocycles. The first kappa shape index (κ1) is 12.5. The zero-order chi connectivity index (χ0) is 14.8. The summed E-state index contributed by atoms with van der Waals surface area (Å²) in [6.07, 6.45) is 5.35. The van der Waals surface area contributed by atoms with Gasteiger partial charge in [0.2, 0.25) is 0 Å². The van der Waals surface area contributed by atoms with E-state index >= 15 is 0 Å². The second-order valence-electron chi connectivity index (χ2n) is 6.08. The fraction of sp³-hybridized carbons (Fsp3) is 0.312. The maximum absolute atomic E-state index is 11.6. The lowest BCUT2D eigenvalue weighted by Gasteiger charge is -2.50. The average molecular weight is 286 g/mol. The molecule has 2 aliphatic carbocycles. The van der Waals surface area contributed by atoms with Gasteiger partial charge in [-0.05, 0) is 29.3 Å². The van der Waals surface area contributed by atoms with Gasteiger partial charge in [0, 0.05) is 18.9 Å². The molecule has 5 heteroatoms. The van der Waals surface area contributed by atoms with Crippen LogP contribution >= 0.6 is 0 Å². The molecule has 4 rings (SSSR count). The van der Waals surface area contributed by atoms with Gasteiger partial charge in [-0.15, -0.1) is 0 Å². The number of phenols is 2. The van der Waals surface area contributed by atoms with Gasteiger partial charge in [0.1, 0.15) is 18.0 Å². The topological polar surface area (TPSA) is 87.0 Å². The van der Waals surface area contributed by atoms with Crippen molar-refractivity contribution in [3.8, 4) is 11.5 Å². The summed E-state index contributed by atoms with van der Waals surface area (Å²) in [6.45, 7) is 0.114. The summed E-state index contributed by atoms with van der Waals surface area (Å²) in [5, 5.41) is 30.2. The van der Waals surface area contributed by atoms with Gasteiger partial charge in [0.05, 0.1) is 5.41 Å². The normalized spacial score (nSPS) is 32.8. The van der Waals surface area contributed by atoms with Gasteiger partial charge in [0.15, 0.2) is 17.3 Å². The van der Waals surface area contributed by atoms with Gasteiger partial charge in [-0.25, -0.2) is 0 Å². The molecule has 2 bridgehead atoms. The standard InChI is InChI=1S/C16H14O5/c17-10-1-2-16-7-15(20,8-21-14(16)4-10)6-9-3-12(18)13(19)5-11(9)16/h1-5,18-20H,6-8H2. The SMILES string of the molecule is O=C1C=CC23CC(O)(COC2=C1)Cc1cc(O)c(O)cc13. The third kappa shape index (κ3) is 1.58. The minimum absolute atomic E-state index is 0.114. The monoisotopic (exact) mass is 286 g/mol. The number of ketones is 1. The predicted octanol–water partition coefficient (Wildman–Crippen LogP) is 1.07. The van der Waals surface area contributed by atoms with Gasteiger partial charge >= 0.3 is 0 Å². The Labute approximate surface area is 120 Å². The molecule has 1 aromatic carbocycles. The van der Waals surface area contributed by atoms with E-state index in [1.165, 1.54) is 24.3 Å². The van der Waals surface area contributed by atoms with Crippen LogP contribution in [-0.2, 0) is 21.4 Å². The van der Waals surface area contributed by atoms with Crippen LogP contribution in [0.2, 0.25) is 0 Å². The van der Waals surface area contributed by atoms with E-state index in [0.717, 1.165) is 11.1 Å². The van der Waals surface area contributed by atoms with Crippen LogP contribution in [0.15, 0.2) is 36.1 Å². The van der Waals surface area contributed by atoms with Crippen molar-refractivity contribution in [2.75, 3.05) is 6.61 Å². The number of hydrogen-bond acceptors (Lipinski definition) is 5. The molecular formula is C16H14O5. The van der Waals surface area contributed by atoms with Crippen molar-refractivity contribution < 1.29 is 24.9 Å². The molecule has 0 amide bonds. The molecule has 108 valence electrons. The highest BCUT2D eigenvalue weighted by atomic mass is 16.5. The molecule has 2 unspecified atom stereocenters. The minimum Gasteiger partial charge on any atom is -0.504 e. The number of aliphatic hydroxyl groups is 1. The van der Waals surface area contributed by atoms with E-state index in [-0.39, 0.29) is 23.9 Å². The molecule has 3 N–H and O–H groups in total. The van der Waals surface area contributed by atoms with E-state index in [1.807, 2.05) is 0 Å². The molecule has 1 aromatic rings. The summed E-state index contributed by atoms with van der Waals surface area (Å²) in [5.74, 6) is -0.0956. The summed E-state index contributed by atoms with van der Waals surface area (Å²) in [7, 11) is 0. The number of fused-ring (bicyclic) bond motifs is 2. The predicted molar refractivity (Wildman–Crippen MR) is 72.9 cm³/mol. The van der Waals surface area contributed by atoms with Crippen molar-refractivity contribution in [3.05, 3.63) is 47.2 Å². The highest BCUT2D eigenvalue weighted by Gasteiger charge is 2.54. The van der Waals surface area contributed by atoms with E-state index < -0.39 is 11.0 Å². The largest absolute Gasteiger partial charge is 0.504 e. The van der Waals surface area contributed by atoms with Crippen LogP contribution in [0.25, 0.3) is 0 Å². The number of hydrogen-bond donors (Lipinski definition) is 3. The molecule has 0 saturated carbocycles. The first-order valence-corrected chi connectivity index (χ1v) is 6.78. The minimum atomic E-state index is -1.04. The van der Waals surface area contributed by atoms with Crippen LogP contribution in [-0.4, -0.2) is 33.3 Å². The van der Waals surface area contributed by atoms with Gasteiger partial charge in [-0.1, -0.05) is 6.08 Å². The molecule has 0 radical (unpaired) electrons. The van der Waals surface area contributed by atoms with Gasteiger partial charge in [-0.3, -0.25) is 4.79 Å². The number of aromatic hydroxyl groups is 2. The van der Waals surface area contributed by atoms with E-state index in [1.54, 1.807) is 6.08 Å². The van der Waals surface area contributed by atoms with Crippen LogP contribution < -0.4 is 0 Å². The van der Waals surface area contributed by atoms with Crippen LogP contribution in [0.4, 0.5) is 0 Å². The lowest BCUT2D eigenvalue weighted by molar-refractivity contribution is -0.113. The molecular weight excluding hydrogens is 272 g/mol. The van der Waals surface area contributed by atoms with Crippen LogP contribution in [0.5, 0.6) is 11.5 Å². The summed E-state index contributed by atoms with van der Waals surface area (Å²) in [6, 6.07) is 2.97. The number of carbonyl (C=O) groups is 1. The van der Waals surface area contributed by atoms with E-state index in [4.69, 9.17) is 4.74 Å². The van der Waals surface area contributed by atoms with Crippen LogP contribution in [0, 0.1) is 0 Å². The van der Waals surface area contributed by atoms with Crippen molar-refractivity contribution in [3.63, 3.8) is 0 Å². The van der Waals surface area contributed by atoms with Gasteiger partial charge in [0.25, 0.3) is 0 Å². The quantitative estimate of drug-likeness (QED) is 0.621. The van der Waals surface area contributed by atoms with Crippen LogP contribution in [0.3, 0.4) is 0 Å². The number of allylic oxidation sites excluding steroid dienone is 3. The molecule has 5 nitrogen and oxygen atoms in total. The third-order valence-electron chi connectivity index (χ3n) is 4.55. The maximum atomic E-state index is 11.6. The third-order valence-corrected chi connectivity index (χ3v) is 4.55. The molecule has 1 spiro atoms. The zero-order valence-corrected chi connectivity index (χ0v) is 11.2. The molecule has 3 aliphatic rings. The van der Waals surface area contributed by atoms with E-state index in [0.29, 0.717) is 18.6 Å². The van der Waals surface area contributed by atoms with Crippen molar-refractivity contribution in [2.45, 2.75) is 23.9 Å². The van der Waals surface area contributed by atoms with Crippen molar-refractivity contribution in [1.82, 2.24) is 0 Å². The highest BCUT2D eigenvalue weighted by molar-refractivity contribution is 6.01. The summed E-state index contributed by atoms with van der Waals surface area (Å²) in [4.78, 5) is 11.6. The number of phenolic OH excluding ortho intramolecular Hbond substituents is 2. The molecule has 1 heterocycles. The Balaban J connectivity index is 2.01. The summed E-state index contributed by atoms with van der Waals surface area (Å²) in [5.41, 5.74) is -0.276. The lowest BCUT2D eigenvalue weighted by atomic mass is 9.60. The maximum Gasteiger partial charge on any atom is 0.181 e. The lowest BCUT2D eigenvalue weighted by Crippen LogP contribution is -2.54. The van der Waals surface area contributed by atoms with Gasteiger partial charge in [-0.2, -0.15) is 0 Å². The number of carbonyl (C=O) groups excluding carboxylic acids is 1. The first-order valence-electron chi connectivity index (χ1n) is 6.78. The molecule has 21 heavy (non-hydrogen) atoms. The van der Waals surface area contributed by atoms with E-state index in [2.05, 4.69) is 0 Å². The molecule has 1 aliphatic heterocycles. The molecule has 1 fully saturated rings. The van der Waals surface area contributed by atoms with Crippen molar-refractivity contribution in [2.24, 2.45) is 0 Å². The average Bonchev–Trinajstić information content (AvgIpc) is 2.42. The Kier molecular flexibility index (Phi) is 2.18. The fourth-order valence-electron chi connectivity index (χ4n) is 3.68. The summed E-state index contributed by atoms with van der Waals surface area (Å²) < 4.78 is 5.63. The Bertz CT molecular complexity index is 732. The Morgan fingerprint density at radius 3 is 2.76 bits per heavy atom. The fourth-order valence-corrected chi connectivity index (χ4v) is 3.68. The van der Waals surface area contributed by atoms with Crippen LogP contribution in [0.1, 0.15) is 17.5 Å². The van der Waals surface area contributed by atoms with E-state index in [9.17, 15) is 20.1 Å². The first-order chi connectivity index (χ1) is 9.92. The molecule has 1 saturated heterocycles. The number of benzene rings is 1. The Morgan fingerprint density at radius 2 is 1.95 bits per heavy atom. The Hall–Kier alpha value is -2.27. The van der Waals surface area contributed by atoms with Crippen molar-refractivity contribution in [1.29, 1.82) is 0 Å². The smallest absolute Gasteiger partial charge is 0.181 e. The zero-order valence-electron chi connectivity index (χ0n) is 11.2. The summed E-state index contributed by atoms with van der Waals surface area (Å²) >= 11 is 0. The molecule has 2 atom stereocenters. The Morgan fingerprint density at radius 1 is 1.19 bits per heavy atom. The number of ether oxygens (including phenoxy) is 1. The van der Waals surface area contributed by atoms with Crippen molar-refractivity contribution >= 4 is 5.78 Å². The number of rotatable bonds is 0. The second kappa shape index (κ2) is 3.68. The van der Waals surface area contributed by atoms with Gasteiger partial charge < -0.3 is 20.1 Å². The highest BCUT2D eigenvalue weighted by Crippen LogP contribution is 2.53.